The molecule has 0 spiro atoms. The molecule has 1 saturated heterocycles. The first-order valence-corrected chi connectivity index (χ1v) is 10.7. The third-order valence-corrected chi connectivity index (χ3v) is 5.96. The van der Waals surface area contributed by atoms with E-state index in [1.165, 1.54) is 0 Å². The number of H-pyrrole nitrogens is 1. The molecular weight excluding hydrogens is 390 g/mol. The van der Waals surface area contributed by atoms with E-state index < -0.39 is 17.3 Å². The van der Waals surface area contributed by atoms with Crippen molar-refractivity contribution in [3.8, 4) is 0 Å². The van der Waals surface area contributed by atoms with E-state index in [9.17, 15) is 13.6 Å². The molecule has 5 rings (SSSR count). The van der Waals surface area contributed by atoms with Crippen LogP contribution in [0.5, 0.6) is 0 Å². The molecule has 30 heavy (non-hydrogen) atoms. The van der Waals surface area contributed by atoms with E-state index in [1.807, 2.05) is 51.8 Å². The SMILES string of the molecule is CC.CC.CC12Cc3[nH]nc(C=O)c3CC1C2(F)F.CNc1cnn(C2CNC2)c1. The lowest BCUT2D eigenvalue weighted by molar-refractivity contribution is 0.0631. The lowest BCUT2D eigenvalue weighted by atomic mass is 9.88. The van der Waals surface area contributed by atoms with Crippen molar-refractivity contribution in [3.63, 3.8) is 0 Å². The number of halogens is 2. The molecule has 3 heterocycles. The maximum Gasteiger partial charge on any atom is 0.258 e. The van der Waals surface area contributed by atoms with Gasteiger partial charge in [0.25, 0.3) is 5.92 Å². The van der Waals surface area contributed by atoms with E-state index in [2.05, 4.69) is 25.9 Å². The average molecular weight is 425 g/mol. The number of carbonyl (C=O) groups is 1. The van der Waals surface area contributed by atoms with Crippen molar-refractivity contribution in [3.05, 3.63) is 29.3 Å². The number of alkyl halides is 2. The first-order valence-electron chi connectivity index (χ1n) is 10.7. The van der Waals surface area contributed by atoms with Gasteiger partial charge in [0, 0.05) is 55.3 Å². The van der Waals surface area contributed by atoms with E-state index >= 15 is 0 Å². The second kappa shape index (κ2) is 9.68. The number of rotatable bonds is 3. The van der Waals surface area contributed by atoms with Gasteiger partial charge in [-0.1, -0.05) is 34.6 Å². The Labute approximate surface area is 177 Å². The van der Waals surface area contributed by atoms with Crippen LogP contribution in [0.4, 0.5) is 14.5 Å². The fraction of sp³-hybridized carbons (Fsp3) is 0.667. The Balaban J connectivity index is 0.000000190. The molecule has 168 valence electrons. The molecule has 2 aliphatic carbocycles. The summed E-state index contributed by atoms with van der Waals surface area (Å²) >= 11 is 0. The quantitative estimate of drug-likeness (QED) is 0.654. The molecule has 0 amide bonds. The zero-order chi connectivity index (χ0) is 22.5. The van der Waals surface area contributed by atoms with Crippen LogP contribution in [0, 0.1) is 11.3 Å². The third kappa shape index (κ3) is 4.12. The van der Waals surface area contributed by atoms with Crippen LogP contribution in [-0.2, 0) is 12.8 Å². The van der Waals surface area contributed by atoms with E-state index in [4.69, 9.17) is 0 Å². The average Bonchev–Trinajstić information content (AvgIpc) is 3.16. The Morgan fingerprint density at radius 1 is 1.27 bits per heavy atom. The van der Waals surface area contributed by atoms with Gasteiger partial charge in [-0.3, -0.25) is 14.6 Å². The minimum atomic E-state index is -2.59. The number of aldehydes is 1. The van der Waals surface area contributed by atoms with Gasteiger partial charge in [0.2, 0.25) is 0 Å². The number of aromatic nitrogens is 4. The summed E-state index contributed by atoms with van der Waals surface area (Å²) < 4.78 is 28.9. The number of anilines is 1. The largest absolute Gasteiger partial charge is 0.386 e. The van der Waals surface area contributed by atoms with Crippen LogP contribution < -0.4 is 10.6 Å². The molecule has 2 aromatic heterocycles. The van der Waals surface area contributed by atoms with Crippen LogP contribution >= 0.6 is 0 Å². The van der Waals surface area contributed by atoms with Gasteiger partial charge in [0.05, 0.1) is 17.9 Å². The van der Waals surface area contributed by atoms with Crippen molar-refractivity contribution in [2.45, 2.75) is 59.4 Å². The van der Waals surface area contributed by atoms with Crippen LogP contribution in [0.3, 0.4) is 0 Å². The summed E-state index contributed by atoms with van der Waals surface area (Å²) in [6.45, 7) is 11.7. The second-order valence-electron chi connectivity index (χ2n) is 7.43. The first kappa shape index (κ1) is 24.0. The second-order valence-corrected chi connectivity index (χ2v) is 7.43. The minimum absolute atomic E-state index is 0.267. The molecular formula is C21H34F2N6O. The number of fused-ring (bicyclic) bond motifs is 2. The molecule has 0 radical (unpaired) electrons. The topological polar surface area (TPSA) is 87.6 Å². The van der Waals surface area contributed by atoms with Crippen LogP contribution in [0.2, 0.25) is 0 Å². The fourth-order valence-electron chi connectivity index (χ4n) is 3.86. The predicted octanol–water partition coefficient (Wildman–Crippen LogP) is 3.71. The Hall–Kier alpha value is -2.29. The van der Waals surface area contributed by atoms with Crippen LogP contribution in [0.15, 0.2) is 12.4 Å². The minimum Gasteiger partial charge on any atom is -0.386 e. The van der Waals surface area contributed by atoms with Gasteiger partial charge in [0.1, 0.15) is 5.69 Å². The number of hydrogen-bond donors (Lipinski definition) is 3. The Morgan fingerprint density at radius 3 is 2.43 bits per heavy atom. The van der Waals surface area contributed by atoms with Gasteiger partial charge >= 0.3 is 0 Å². The third-order valence-electron chi connectivity index (χ3n) is 5.96. The maximum atomic E-state index is 13.4. The highest BCUT2D eigenvalue weighted by Gasteiger charge is 2.78. The lowest BCUT2D eigenvalue weighted by Crippen LogP contribution is -2.43. The van der Waals surface area contributed by atoms with E-state index in [1.54, 1.807) is 6.92 Å². The molecule has 2 unspecified atom stereocenters. The van der Waals surface area contributed by atoms with Crippen LogP contribution in [0.25, 0.3) is 0 Å². The molecule has 3 N–H and O–H groups in total. The van der Waals surface area contributed by atoms with Gasteiger partial charge in [-0.15, -0.1) is 0 Å². The Bertz CT molecular complexity index is 829. The highest BCUT2D eigenvalue weighted by atomic mass is 19.3. The fourth-order valence-corrected chi connectivity index (χ4v) is 3.86. The highest BCUT2D eigenvalue weighted by molar-refractivity contribution is 5.75. The first-order chi connectivity index (χ1) is 14.4. The Kier molecular flexibility index (Phi) is 7.74. The van der Waals surface area contributed by atoms with E-state index in [-0.39, 0.29) is 12.1 Å². The standard InChI is InChI=1S/C10H10F2N2O.C7H12N4.2C2H6/c1-9-3-6-5(7(4-15)14-13-6)2-8(9)10(9,11)12;1-8-6-2-10-11(5-6)7-3-9-4-7;2*1-2/h4,8H,2-3H2,1H3,(H,13,14);2,5,7-9H,3-4H2,1H3;2*1-2H3. The molecule has 2 fully saturated rings. The summed E-state index contributed by atoms with van der Waals surface area (Å²) in [6.07, 6.45) is 5.06. The van der Waals surface area contributed by atoms with Crippen LogP contribution in [0.1, 0.15) is 62.4 Å². The Morgan fingerprint density at radius 2 is 1.93 bits per heavy atom. The maximum absolute atomic E-state index is 13.4. The van der Waals surface area contributed by atoms with E-state index in [0.717, 1.165) is 18.8 Å². The molecule has 2 aromatic rings. The van der Waals surface area contributed by atoms with Crippen molar-refractivity contribution in [1.82, 2.24) is 25.3 Å². The summed E-state index contributed by atoms with van der Waals surface area (Å²) in [5.74, 6) is -3.21. The highest BCUT2D eigenvalue weighted by Crippen LogP contribution is 2.70. The van der Waals surface area contributed by atoms with Crippen molar-refractivity contribution < 1.29 is 13.6 Å². The van der Waals surface area contributed by atoms with Gasteiger partial charge in [-0.2, -0.15) is 10.2 Å². The molecule has 9 heteroatoms. The smallest absolute Gasteiger partial charge is 0.258 e. The summed E-state index contributed by atoms with van der Waals surface area (Å²) in [4.78, 5) is 10.6. The molecule has 7 nitrogen and oxygen atoms in total. The number of carbonyl (C=O) groups excluding carboxylic acids is 1. The lowest BCUT2D eigenvalue weighted by Gasteiger charge is -2.27. The van der Waals surface area contributed by atoms with Crippen molar-refractivity contribution in [2.75, 3.05) is 25.5 Å². The zero-order valence-electron chi connectivity index (χ0n) is 18.7. The number of nitrogens with zero attached hydrogens (tertiary/aromatic N) is 3. The van der Waals surface area contributed by atoms with Gasteiger partial charge in [-0.25, -0.2) is 8.78 Å². The molecule has 3 aliphatic rings. The molecule has 0 aromatic carbocycles. The zero-order valence-corrected chi connectivity index (χ0v) is 18.7. The summed E-state index contributed by atoms with van der Waals surface area (Å²) in [5.41, 5.74) is 1.83. The monoisotopic (exact) mass is 424 g/mol. The number of nitrogens with one attached hydrogen (secondary N) is 3. The summed E-state index contributed by atoms with van der Waals surface area (Å²) in [7, 11) is 1.90. The van der Waals surface area contributed by atoms with Crippen molar-refractivity contribution in [1.29, 1.82) is 0 Å². The van der Waals surface area contributed by atoms with Crippen molar-refractivity contribution >= 4 is 12.0 Å². The molecule has 1 aliphatic heterocycles. The number of hydrogen-bond acceptors (Lipinski definition) is 5. The van der Waals surface area contributed by atoms with Gasteiger partial charge in [0.15, 0.2) is 6.29 Å². The normalized spacial score (nSPS) is 24.7. The molecule has 2 atom stereocenters. The summed E-state index contributed by atoms with van der Waals surface area (Å²) in [5, 5.41) is 17.0. The van der Waals surface area contributed by atoms with Gasteiger partial charge < -0.3 is 10.6 Å². The van der Waals surface area contributed by atoms with E-state index in [0.29, 0.717) is 30.0 Å². The van der Waals surface area contributed by atoms with Gasteiger partial charge in [-0.05, 0) is 6.42 Å². The van der Waals surface area contributed by atoms with Crippen LogP contribution in [-0.4, -0.2) is 52.3 Å². The van der Waals surface area contributed by atoms with Crippen molar-refractivity contribution in [2.24, 2.45) is 11.3 Å². The molecule has 0 bridgehead atoms. The number of aromatic amines is 1. The summed E-state index contributed by atoms with van der Waals surface area (Å²) in [6, 6.07) is 0.567. The molecule has 1 saturated carbocycles. The predicted molar refractivity (Wildman–Crippen MR) is 114 cm³/mol.